The van der Waals surface area contributed by atoms with Crippen LogP contribution in [0.1, 0.15) is 18.9 Å². The molecule has 2 heterocycles. The highest BCUT2D eigenvalue weighted by molar-refractivity contribution is 8.00. The van der Waals surface area contributed by atoms with Crippen LogP contribution in [0.4, 0.5) is 5.82 Å². The molecule has 16 heavy (non-hydrogen) atoms. The number of thioether (sulfide) groups is 1. The third kappa shape index (κ3) is 2.68. The molecule has 0 spiro atoms. The Bertz CT molecular complexity index is 328. The van der Waals surface area contributed by atoms with Gasteiger partial charge in [-0.15, -0.1) is 0 Å². The minimum Gasteiger partial charge on any atom is -0.392 e. The lowest BCUT2D eigenvalue weighted by Gasteiger charge is -2.32. The molecule has 1 fully saturated rings. The molecule has 1 aromatic rings. The molecule has 0 amide bonds. The van der Waals surface area contributed by atoms with Gasteiger partial charge in [0.25, 0.3) is 0 Å². The van der Waals surface area contributed by atoms with E-state index in [4.69, 9.17) is 5.11 Å². The summed E-state index contributed by atoms with van der Waals surface area (Å²) < 4.78 is 0. The van der Waals surface area contributed by atoms with Crippen molar-refractivity contribution < 1.29 is 5.11 Å². The first kappa shape index (κ1) is 11.7. The van der Waals surface area contributed by atoms with E-state index in [9.17, 15) is 0 Å². The van der Waals surface area contributed by atoms with E-state index in [1.165, 1.54) is 12.2 Å². The van der Waals surface area contributed by atoms with Crippen molar-refractivity contribution in [2.45, 2.75) is 25.2 Å². The van der Waals surface area contributed by atoms with Crippen molar-refractivity contribution in [1.29, 1.82) is 0 Å². The summed E-state index contributed by atoms with van der Waals surface area (Å²) in [5, 5.41) is 9.69. The van der Waals surface area contributed by atoms with Crippen LogP contribution in [-0.2, 0) is 6.61 Å². The van der Waals surface area contributed by atoms with Crippen LogP contribution in [0, 0.1) is 0 Å². The Balaban J connectivity index is 2.05. The molecule has 0 bridgehead atoms. The summed E-state index contributed by atoms with van der Waals surface area (Å²) in [4.78, 5) is 6.74. The van der Waals surface area contributed by atoms with E-state index in [0.717, 1.165) is 29.7 Å². The van der Waals surface area contributed by atoms with Gasteiger partial charge in [0.15, 0.2) is 0 Å². The fourth-order valence-corrected chi connectivity index (χ4v) is 3.05. The summed E-state index contributed by atoms with van der Waals surface area (Å²) in [5.41, 5.74) is 0.877. The fraction of sp³-hybridized carbons (Fsp3) is 0.583. The molecule has 0 aliphatic carbocycles. The van der Waals surface area contributed by atoms with Crippen LogP contribution in [-0.4, -0.2) is 34.2 Å². The van der Waals surface area contributed by atoms with E-state index in [1.807, 2.05) is 12.1 Å². The molecule has 3 nitrogen and oxygen atoms in total. The van der Waals surface area contributed by atoms with Crippen molar-refractivity contribution in [3.8, 4) is 0 Å². The Kier molecular flexibility index (Phi) is 4.07. The summed E-state index contributed by atoms with van der Waals surface area (Å²) >= 11 is 2.06. The van der Waals surface area contributed by atoms with Gasteiger partial charge in [-0.05, 0) is 18.1 Å². The Labute approximate surface area is 101 Å². The molecule has 1 atom stereocenters. The molecular formula is C12H18N2OS. The SMILES string of the molecule is CCC1CN(c2ccc(CO)cn2)CCS1. The highest BCUT2D eigenvalue weighted by atomic mass is 32.2. The summed E-state index contributed by atoms with van der Waals surface area (Å²) in [7, 11) is 0. The summed E-state index contributed by atoms with van der Waals surface area (Å²) in [6, 6.07) is 3.96. The number of hydrogen-bond acceptors (Lipinski definition) is 4. The van der Waals surface area contributed by atoms with Crippen LogP contribution in [0.5, 0.6) is 0 Å². The minimum atomic E-state index is 0.0702. The van der Waals surface area contributed by atoms with Crippen molar-refractivity contribution in [3.05, 3.63) is 23.9 Å². The van der Waals surface area contributed by atoms with Crippen LogP contribution in [0.3, 0.4) is 0 Å². The van der Waals surface area contributed by atoms with Crippen molar-refractivity contribution in [2.24, 2.45) is 0 Å². The summed E-state index contributed by atoms with van der Waals surface area (Å²) in [6.07, 6.45) is 2.98. The van der Waals surface area contributed by atoms with Gasteiger partial charge in [-0.2, -0.15) is 11.8 Å². The van der Waals surface area contributed by atoms with Crippen molar-refractivity contribution >= 4 is 17.6 Å². The number of hydrogen-bond donors (Lipinski definition) is 1. The van der Waals surface area contributed by atoms with E-state index >= 15 is 0 Å². The topological polar surface area (TPSA) is 36.4 Å². The first-order chi connectivity index (χ1) is 7.83. The Morgan fingerprint density at radius 2 is 2.44 bits per heavy atom. The predicted octanol–water partition coefficient (Wildman–Crippen LogP) is 1.91. The molecule has 0 saturated carbocycles. The second kappa shape index (κ2) is 5.55. The molecule has 0 aromatic carbocycles. The van der Waals surface area contributed by atoms with E-state index in [1.54, 1.807) is 6.20 Å². The zero-order chi connectivity index (χ0) is 11.4. The van der Waals surface area contributed by atoms with Crippen molar-refractivity contribution in [3.63, 3.8) is 0 Å². The average molecular weight is 238 g/mol. The highest BCUT2D eigenvalue weighted by Gasteiger charge is 2.19. The van der Waals surface area contributed by atoms with Gasteiger partial charge in [-0.25, -0.2) is 4.98 Å². The molecule has 1 unspecified atom stereocenters. The molecular weight excluding hydrogens is 220 g/mol. The number of aliphatic hydroxyl groups is 1. The molecule has 1 aliphatic heterocycles. The monoisotopic (exact) mass is 238 g/mol. The molecule has 4 heteroatoms. The van der Waals surface area contributed by atoms with Gasteiger partial charge in [0.1, 0.15) is 5.82 Å². The summed E-state index contributed by atoms with van der Waals surface area (Å²) in [5.74, 6) is 2.22. The van der Waals surface area contributed by atoms with Crippen LogP contribution >= 0.6 is 11.8 Å². The first-order valence-corrected chi connectivity index (χ1v) is 6.80. The first-order valence-electron chi connectivity index (χ1n) is 5.75. The fourth-order valence-electron chi connectivity index (χ4n) is 1.87. The third-order valence-electron chi connectivity index (χ3n) is 2.91. The van der Waals surface area contributed by atoms with E-state index in [2.05, 4.69) is 28.6 Å². The summed E-state index contributed by atoms with van der Waals surface area (Å²) in [6.45, 7) is 4.48. The van der Waals surface area contributed by atoms with Gasteiger partial charge in [0.2, 0.25) is 0 Å². The highest BCUT2D eigenvalue weighted by Crippen LogP contribution is 2.24. The maximum atomic E-state index is 8.96. The maximum Gasteiger partial charge on any atom is 0.128 e. The number of nitrogens with zero attached hydrogens (tertiary/aromatic N) is 2. The number of aliphatic hydroxyl groups excluding tert-OH is 1. The Hall–Kier alpha value is -0.740. The Morgan fingerprint density at radius 3 is 3.06 bits per heavy atom. The standard InChI is InChI=1S/C12H18N2OS/c1-2-11-8-14(5-6-16-11)12-4-3-10(9-15)7-13-12/h3-4,7,11,15H,2,5-6,8-9H2,1H3. The molecule has 1 N–H and O–H groups in total. The lowest BCUT2D eigenvalue weighted by molar-refractivity contribution is 0.281. The van der Waals surface area contributed by atoms with Crippen LogP contribution in [0.25, 0.3) is 0 Å². The smallest absolute Gasteiger partial charge is 0.128 e. The van der Waals surface area contributed by atoms with Crippen LogP contribution in [0.15, 0.2) is 18.3 Å². The quantitative estimate of drug-likeness (QED) is 0.872. The van der Waals surface area contributed by atoms with Gasteiger partial charge in [-0.3, -0.25) is 0 Å². The van der Waals surface area contributed by atoms with Crippen molar-refractivity contribution in [1.82, 2.24) is 4.98 Å². The average Bonchev–Trinajstić information content (AvgIpc) is 2.39. The van der Waals surface area contributed by atoms with Gasteiger partial charge in [0.05, 0.1) is 6.61 Å². The number of anilines is 1. The minimum absolute atomic E-state index is 0.0702. The third-order valence-corrected chi connectivity index (χ3v) is 4.28. The molecule has 1 aliphatic rings. The number of rotatable bonds is 3. The molecule has 88 valence electrons. The normalized spacial score (nSPS) is 21.1. The second-order valence-corrected chi connectivity index (χ2v) is 5.44. The Morgan fingerprint density at radius 1 is 1.56 bits per heavy atom. The van der Waals surface area contributed by atoms with E-state index < -0.39 is 0 Å². The van der Waals surface area contributed by atoms with Gasteiger partial charge in [0, 0.05) is 30.3 Å². The molecule has 0 radical (unpaired) electrons. The lowest BCUT2D eigenvalue weighted by atomic mass is 10.2. The number of aromatic nitrogens is 1. The van der Waals surface area contributed by atoms with Crippen LogP contribution in [0.2, 0.25) is 0 Å². The van der Waals surface area contributed by atoms with Gasteiger partial charge in [-0.1, -0.05) is 13.0 Å². The number of pyridine rings is 1. The van der Waals surface area contributed by atoms with E-state index in [0.29, 0.717) is 0 Å². The zero-order valence-electron chi connectivity index (χ0n) is 9.59. The molecule has 2 rings (SSSR count). The molecule has 1 aromatic heterocycles. The van der Waals surface area contributed by atoms with E-state index in [-0.39, 0.29) is 6.61 Å². The predicted molar refractivity (Wildman–Crippen MR) is 68.9 cm³/mol. The van der Waals surface area contributed by atoms with Gasteiger partial charge < -0.3 is 10.0 Å². The lowest BCUT2D eigenvalue weighted by Crippen LogP contribution is -2.38. The molecule has 1 saturated heterocycles. The van der Waals surface area contributed by atoms with Gasteiger partial charge >= 0.3 is 0 Å². The zero-order valence-corrected chi connectivity index (χ0v) is 10.4. The van der Waals surface area contributed by atoms with Crippen molar-refractivity contribution in [2.75, 3.05) is 23.7 Å². The largest absolute Gasteiger partial charge is 0.392 e. The second-order valence-electron chi connectivity index (χ2n) is 4.03. The maximum absolute atomic E-state index is 8.96. The van der Waals surface area contributed by atoms with Crippen LogP contribution < -0.4 is 4.90 Å².